The Kier molecular flexibility index (Phi) is 17.8. The van der Waals surface area contributed by atoms with Crippen molar-refractivity contribution in [3.63, 3.8) is 0 Å². The van der Waals surface area contributed by atoms with Gasteiger partial charge >= 0.3 is 31.5 Å². The second kappa shape index (κ2) is 24.7. The highest BCUT2D eigenvalue weighted by molar-refractivity contribution is 7.90. The first kappa shape index (κ1) is 57.0. The zero-order valence-corrected chi connectivity index (χ0v) is 45.6. The van der Waals surface area contributed by atoms with Crippen molar-refractivity contribution in [1.29, 1.82) is 0 Å². The van der Waals surface area contributed by atoms with Crippen LogP contribution >= 0.6 is 23.2 Å². The zero-order valence-electron chi connectivity index (χ0n) is 42.5. The number of anilines is 4. The van der Waals surface area contributed by atoms with Gasteiger partial charge in [0.2, 0.25) is 11.5 Å². The molecule has 2 saturated heterocycles. The fourth-order valence-corrected chi connectivity index (χ4v) is 12.4. The highest BCUT2D eigenvalue weighted by Gasteiger charge is 2.35. The number of hydrogen-bond donors (Lipinski definition) is 1. The molecule has 4 aromatic heterocycles. The van der Waals surface area contributed by atoms with Crippen molar-refractivity contribution in [3.05, 3.63) is 128 Å². The number of nitrogens with one attached hydrogen (secondary N) is 1. The van der Waals surface area contributed by atoms with E-state index in [0.717, 1.165) is 108 Å². The van der Waals surface area contributed by atoms with Gasteiger partial charge < -0.3 is 19.3 Å². The largest absolute Gasteiger partial charge is 0.483 e. The minimum Gasteiger partial charge on any atom is -0.483 e. The molecule has 0 spiro atoms. The summed E-state index contributed by atoms with van der Waals surface area (Å²) in [7, 11) is -6.46. The van der Waals surface area contributed by atoms with E-state index in [9.17, 15) is 44.0 Å². The van der Waals surface area contributed by atoms with Crippen LogP contribution in [0.4, 0.5) is 40.6 Å². The Bertz CT molecular complexity index is 3470. The number of rotatable bonds is 14. The van der Waals surface area contributed by atoms with E-state index < -0.39 is 54.8 Å². The molecule has 2 aliphatic carbocycles. The van der Waals surface area contributed by atoms with E-state index in [0.29, 0.717) is 23.5 Å². The number of benzene rings is 2. The van der Waals surface area contributed by atoms with E-state index in [-0.39, 0.29) is 109 Å². The first-order chi connectivity index (χ1) is 37.8. The first-order valence-corrected chi connectivity index (χ1v) is 28.9. The average molecular weight is 1180 g/mol. The van der Waals surface area contributed by atoms with Gasteiger partial charge in [0.1, 0.15) is 69.2 Å². The van der Waals surface area contributed by atoms with E-state index in [1.165, 1.54) is 46.5 Å². The molecule has 4 aliphatic rings. The Labute approximate surface area is 461 Å². The Morgan fingerprint density at radius 2 is 0.975 bits per heavy atom. The summed E-state index contributed by atoms with van der Waals surface area (Å²) in [6.45, 7) is 1.43. The van der Waals surface area contributed by atoms with Crippen molar-refractivity contribution in [2.24, 2.45) is 0 Å². The molecule has 10 rings (SSSR count). The minimum atomic E-state index is -3.93. The summed E-state index contributed by atoms with van der Waals surface area (Å²) < 4.78 is 128. The lowest BCUT2D eigenvalue weighted by Gasteiger charge is -2.37. The lowest BCUT2D eigenvalue weighted by atomic mass is 9.98. The van der Waals surface area contributed by atoms with Crippen molar-refractivity contribution in [1.82, 2.24) is 48.1 Å². The highest BCUT2D eigenvalue weighted by Crippen LogP contribution is 2.33. The number of nitrogens with zero attached hydrogens (tertiary/aromatic N) is 13. The SMILES string of the molecule is CN(c1cc(Cl)ncn1)S(=O)(=O)N1CCN(c2cnn(-c3cc(F)cc(F)c3)c(=O)c2OC2CCCCC2)CC1.O=c1c(OC2CCCCC2)c(N2CCN(S(=O)(=O)Nc3cc(Cl)ncn3)CC2)cnn1-c1cc(F)cc(F)c1. The Morgan fingerprint density at radius 3 is 1.41 bits per heavy atom. The lowest BCUT2D eigenvalue weighted by Crippen LogP contribution is -2.53. The predicted octanol–water partition coefficient (Wildman–Crippen LogP) is 6.31. The fourth-order valence-electron chi connectivity index (χ4n) is 9.62. The van der Waals surface area contributed by atoms with Gasteiger partial charge in [-0.15, -0.1) is 0 Å². The third kappa shape index (κ3) is 13.7. The number of ether oxygens (including phenoxy) is 2. The molecule has 422 valence electrons. The zero-order chi connectivity index (χ0) is 56.0. The summed E-state index contributed by atoms with van der Waals surface area (Å²) in [5.74, 6) is -3.14. The Hall–Kier alpha value is -6.72. The Balaban J connectivity index is 0.000000192. The first-order valence-electron chi connectivity index (χ1n) is 25.3. The van der Waals surface area contributed by atoms with Crippen LogP contribution in [0.15, 0.2) is 83.2 Å². The molecule has 0 atom stereocenters. The molecule has 2 aromatic carbocycles. The molecule has 2 saturated carbocycles. The molecular weight excluding hydrogens is 1120 g/mol. The maximum atomic E-state index is 13.9. The van der Waals surface area contributed by atoms with Crippen LogP contribution in [0.2, 0.25) is 10.3 Å². The molecular formula is C49H54Cl2F4N14O8S2. The molecule has 0 bridgehead atoms. The third-order valence-electron chi connectivity index (χ3n) is 13.7. The van der Waals surface area contributed by atoms with Crippen LogP contribution in [0.1, 0.15) is 64.2 Å². The molecule has 4 fully saturated rings. The summed E-state index contributed by atoms with van der Waals surface area (Å²) in [6, 6.07) is 8.16. The van der Waals surface area contributed by atoms with Gasteiger partial charge in [-0.3, -0.25) is 14.3 Å². The van der Waals surface area contributed by atoms with Crippen LogP contribution in [-0.2, 0) is 20.4 Å². The van der Waals surface area contributed by atoms with Crippen LogP contribution in [-0.4, -0.2) is 137 Å². The molecule has 79 heavy (non-hydrogen) atoms. The van der Waals surface area contributed by atoms with Crippen LogP contribution in [0, 0.1) is 23.3 Å². The summed E-state index contributed by atoms with van der Waals surface area (Å²) in [5, 5.41) is 8.57. The highest BCUT2D eigenvalue weighted by atomic mass is 35.5. The molecule has 0 amide bonds. The summed E-state index contributed by atoms with van der Waals surface area (Å²) in [4.78, 5) is 46.2. The number of piperazine rings is 2. The van der Waals surface area contributed by atoms with Gasteiger partial charge in [0.15, 0.2) is 0 Å². The molecule has 0 unspecified atom stereocenters. The monoisotopic (exact) mass is 1180 g/mol. The summed E-state index contributed by atoms with van der Waals surface area (Å²) in [6.07, 6.45) is 14.0. The minimum absolute atomic E-state index is 0.0200. The van der Waals surface area contributed by atoms with Gasteiger partial charge in [0, 0.05) is 83.7 Å². The summed E-state index contributed by atoms with van der Waals surface area (Å²) >= 11 is 11.7. The molecule has 22 nitrogen and oxygen atoms in total. The number of hydrogen-bond acceptors (Lipinski definition) is 16. The van der Waals surface area contributed by atoms with Gasteiger partial charge in [-0.1, -0.05) is 36.0 Å². The van der Waals surface area contributed by atoms with Crippen LogP contribution in [0.3, 0.4) is 0 Å². The second-order valence-electron chi connectivity index (χ2n) is 18.9. The van der Waals surface area contributed by atoms with Crippen molar-refractivity contribution >= 4 is 66.6 Å². The third-order valence-corrected chi connectivity index (χ3v) is 17.5. The smallest absolute Gasteiger partial charge is 0.316 e. The fraction of sp³-hybridized carbons (Fsp3) is 0.429. The van der Waals surface area contributed by atoms with E-state index >= 15 is 0 Å². The topological polar surface area (TPSA) is 236 Å². The normalized spacial score (nSPS) is 17.2. The van der Waals surface area contributed by atoms with E-state index in [1.54, 1.807) is 0 Å². The Morgan fingerprint density at radius 1 is 0.557 bits per heavy atom. The van der Waals surface area contributed by atoms with Crippen LogP contribution in [0.5, 0.6) is 11.5 Å². The maximum Gasteiger partial charge on any atom is 0.316 e. The van der Waals surface area contributed by atoms with Crippen LogP contribution in [0.25, 0.3) is 11.4 Å². The van der Waals surface area contributed by atoms with Gasteiger partial charge in [0.05, 0.1) is 36.0 Å². The van der Waals surface area contributed by atoms with Gasteiger partial charge in [-0.05, 0) is 75.6 Å². The van der Waals surface area contributed by atoms with Gasteiger partial charge in [-0.25, -0.2) is 41.8 Å². The second-order valence-corrected chi connectivity index (χ2v) is 23.3. The molecule has 6 heterocycles. The molecule has 0 radical (unpaired) electrons. The standard InChI is InChI=1S/C25H28ClF2N7O4S.C24H26ClF2N7O4S/c1-32(23-14-22(26)29-16-30-23)40(37,38)34-9-7-33(8-10-34)21-15-31-35(19-12-17(27)11-18(28)13-19)25(36)24(21)39-20-5-3-2-4-6-20;25-21-13-22(29-15-28-21)31-39(36,37)33-8-6-32(7-9-33)20-14-30-34(18-11-16(26)10-17(27)12-18)24(35)23(20)38-19-4-2-1-3-5-19/h11-16,20H,2-10H2,1H3;10-15,19H,1-9H2,(H,28,29,31). The molecule has 6 aromatic rings. The predicted molar refractivity (Wildman–Crippen MR) is 286 cm³/mol. The number of halogens is 6. The molecule has 30 heteroatoms. The summed E-state index contributed by atoms with van der Waals surface area (Å²) in [5.41, 5.74) is -0.637. The number of aromatic nitrogens is 8. The van der Waals surface area contributed by atoms with Crippen molar-refractivity contribution in [3.8, 4) is 22.9 Å². The van der Waals surface area contributed by atoms with Crippen molar-refractivity contribution < 1.29 is 43.9 Å². The van der Waals surface area contributed by atoms with E-state index in [2.05, 4.69) is 34.9 Å². The molecule has 2 aliphatic heterocycles. The van der Waals surface area contributed by atoms with Crippen LogP contribution < -0.4 is 39.4 Å². The van der Waals surface area contributed by atoms with Crippen molar-refractivity contribution in [2.75, 3.05) is 78.2 Å². The van der Waals surface area contributed by atoms with E-state index in [1.807, 2.05) is 9.80 Å². The lowest BCUT2D eigenvalue weighted by molar-refractivity contribution is 0.152. The average Bonchev–Trinajstić information content (AvgIpc) is 3.57. The van der Waals surface area contributed by atoms with E-state index in [4.69, 9.17) is 32.7 Å². The van der Waals surface area contributed by atoms with Gasteiger partial charge in [0.25, 0.3) is 0 Å². The quantitative estimate of drug-likeness (QED) is 0.0929. The van der Waals surface area contributed by atoms with Crippen molar-refractivity contribution in [2.45, 2.75) is 76.4 Å². The maximum absolute atomic E-state index is 13.9. The van der Waals surface area contributed by atoms with Gasteiger partial charge in [-0.2, -0.15) is 45.0 Å². The molecule has 1 N–H and O–H groups in total.